The van der Waals surface area contributed by atoms with Gasteiger partial charge in [-0.1, -0.05) is 90.0 Å². The number of sulfonamides is 1. The highest BCUT2D eigenvalue weighted by Crippen LogP contribution is 2.32. The fourth-order valence-corrected chi connectivity index (χ4v) is 6.68. The topological polar surface area (TPSA) is 96.0 Å². The third kappa shape index (κ3) is 8.65. The molecule has 4 aromatic carbocycles. The number of ether oxygens (including phenoxy) is 1. The number of nitrogens with one attached hydrogen (secondary N) is 1. The maximum Gasteiger partial charge on any atom is 0.264 e. The third-order valence-corrected chi connectivity index (χ3v) is 9.25. The second kappa shape index (κ2) is 15.1. The molecule has 0 aliphatic heterocycles. The van der Waals surface area contributed by atoms with E-state index in [9.17, 15) is 18.0 Å². The van der Waals surface area contributed by atoms with E-state index in [0.717, 1.165) is 21.0 Å². The molecule has 10 heteroatoms. The lowest BCUT2D eigenvalue weighted by Crippen LogP contribution is -2.54. The Kier molecular flexibility index (Phi) is 11.3. The summed E-state index contributed by atoms with van der Waals surface area (Å²) in [5, 5.41) is 3.15. The smallest absolute Gasteiger partial charge is 0.264 e. The van der Waals surface area contributed by atoms with Gasteiger partial charge in [0.1, 0.15) is 18.3 Å². The van der Waals surface area contributed by atoms with E-state index in [1.54, 1.807) is 24.3 Å². The van der Waals surface area contributed by atoms with Crippen LogP contribution in [0.4, 0.5) is 5.69 Å². The molecule has 0 aliphatic carbocycles. The molecule has 0 radical (unpaired) electrons. The van der Waals surface area contributed by atoms with Crippen LogP contribution in [0.3, 0.4) is 0 Å². The van der Waals surface area contributed by atoms with Gasteiger partial charge in [0.15, 0.2) is 0 Å². The van der Waals surface area contributed by atoms with Gasteiger partial charge < -0.3 is 15.0 Å². The maximum atomic E-state index is 14.5. The van der Waals surface area contributed by atoms with Crippen molar-refractivity contribution in [1.82, 2.24) is 10.2 Å². The van der Waals surface area contributed by atoms with Crippen molar-refractivity contribution in [3.8, 4) is 5.75 Å². The molecule has 1 atom stereocenters. The molecule has 2 amide bonds. The molecule has 1 unspecified atom stereocenters. The zero-order valence-corrected chi connectivity index (χ0v) is 27.4. The summed E-state index contributed by atoms with van der Waals surface area (Å²) in [4.78, 5) is 29.8. The Balaban J connectivity index is 1.82. The van der Waals surface area contributed by atoms with E-state index in [0.29, 0.717) is 5.75 Å². The minimum absolute atomic E-state index is 0.00774. The summed E-state index contributed by atoms with van der Waals surface area (Å²) < 4.78 is 34.5. The Morgan fingerprint density at radius 1 is 0.867 bits per heavy atom. The number of anilines is 1. The SMILES string of the molecule is COc1ccc(N(CC(=O)N(Cc2cccc(C)c2)C(Cc2ccccc2)C(=O)NC(C)C)S(=O)(=O)c2ccccc2)cc1Cl. The van der Waals surface area contributed by atoms with Crippen LogP contribution in [0, 0.1) is 6.92 Å². The molecule has 8 nitrogen and oxygen atoms in total. The molecule has 4 aromatic rings. The molecule has 0 heterocycles. The van der Waals surface area contributed by atoms with Crippen LogP contribution >= 0.6 is 11.6 Å². The van der Waals surface area contributed by atoms with Crippen molar-refractivity contribution in [3.63, 3.8) is 0 Å². The van der Waals surface area contributed by atoms with Gasteiger partial charge in [0.2, 0.25) is 11.8 Å². The molecule has 236 valence electrons. The Morgan fingerprint density at radius 2 is 1.51 bits per heavy atom. The van der Waals surface area contributed by atoms with Crippen LogP contribution in [-0.4, -0.2) is 50.9 Å². The summed E-state index contributed by atoms with van der Waals surface area (Å²) in [6, 6.07) is 28.4. The minimum Gasteiger partial charge on any atom is -0.495 e. The van der Waals surface area contributed by atoms with Crippen molar-refractivity contribution < 1.29 is 22.7 Å². The number of benzene rings is 4. The van der Waals surface area contributed by atoms with Gasteiger partial charge >= 0.3 is 0 Å². The van der Waals surface area contributed by atoms with E-state index in [-0.39, 0.29) is 40.5 Å². The number of aryl methyl sites for hydroxylation is 1. The van der Waals surface area contributed by atoms with Crippen molar-refractivity contribution in [3.05, 3.63) is 125 Å². The van der Waals surface area contributed by atoms with E-state index < -0.39 is 28.5 Å². The number of carbonyl (C=O) groups excluding carboxylic acids is 2. The molecule has 0 spiro atoms. The molecule has 0 aliphatic rings. The summed E-state index contributed by atoms with van der Waals surface area (Å²) in [7, 11) is -2.78. The highest BCUT2D eigenvalue weighted by atomic mass is 35.5. The number of carbonyl (C=O) groups is 2. The van der Waals surface area contributed by atoms with Crippen molar-refractivity contribution in [2.75, 3.05) is 18.0 Å². The summed E-state index contributed by atoms with van der Waals surface area (Å²) in [5.41, 5.74) is 2.84. The Labute approximate surface area is 270 Å². The molecule has 0 saturated carbocycles. The van der Waals surface area contributed by atoms with E-state index in [1.807, 2.05) is 75.4 Å². The number of nitrogens with zero attached hydrogens (tertiary/aromatic N) is 2. The summed E-state index contributed by atoms with van der Waals surface area (Å²) in [5.74, 6) is -0.527. The number of amides is 2. The first kappa shape index (κ1) is 33.6. The highest BCUT2D eigenvalue weighted by Gasteiger charge is 2.35. The van der Waals surface area contributed by atoms with Crippen LogP contribution in [0.25, 0.3) is 0 Å². The van der Waals surface area contributed by atoms with Gasteiger partial charge in [-0.15, -0.1) is 0 Å². The first-order valence-corrected chi connectivity index (χ1v) is 16.4. The van der Waals surface area contributed by atoms with Gasteiger partial charge in [-0.05, 0) is 62.2 Å². The average Bonchev–Trinajstić information content (AvgIpc) is 3.02. The van der Waals surface area contributed by atoms with Crippen LogP contribution in [0.1, 0.15) is 30.5 Å². The second-order valence-electron chi connectivity index (χ2n) is 11.0. The molecule has 1 N–H and O–H groups in total. The van der Waals surface area contributed by atoms with Crippen molar-refractivity contribution in [2.45, 2.75) is 50.7 Å². The van der Waals surface area contributed by atoms with E-state index >= 15 is 0 Å². The quantitative estimate of drug-likeness (QED) is 0.192. The van der Waals surface area contributed by atoms with Gasteiger partial charge in [0, 0.05) is 19.0 Å². The fourth-order valence-electron chi connectivity index (χ4n) is 5.00. The van der Waals surface area contributed by atoms with Gasteiger partial charge in [-0.2, -0.15) is 0 Å². The lowest BCUT2D eigenvalue weighted by molar-refractivity contribution is -0.140. The summed E-state index contributed by atoms with van der Waals surface area (Å²) >= 11 is 6.43. The zero-order chi connectivity index (χ0) is 32.6. The molecular formula is C35H38ClN3O5S. The lowest BCUT2D eigenvalue weighted by atomic mass is 10.0. The number of halogens is 1. The molecule has 45 heavy (non-hydrogen) atoms. The monoisotopic (exact) mass is 647 g/mol. The van der Waals surface area contributed by atoms with Crippen LogP contribution in [0.5, 0.6) is 5.75 Å². The minimum atomic E-state index is -4.24. The maximum absolute atomic E-state index is 14.5. The van der Waals surface area contributed by atoms with Gasteiger partial charge in [-0.3, -0.25) is 13.9 Å². The van der Waals surface area contributed by atoms with Gasteiger partial charge in [-0.25, -0.2) is 8.42 Å². The van der Waals surface area contributed by atoms with Gasteiger partial charge in [0.05, 0.1) is 22.7 Å². The molecule has 0 saturated heterocycles. The van der Waals surface area contributed by atoms with Gasteiger partial charge in [0.25, 0.3) is 10.0 Å². The Bertz CT molecular complexity index is 1720. The first-order chi connectivity index (χ1) is 21.5. The van der Waals surface area contributed by atoms with Crippen LogP contribution < -0.4 is 14.4 Å². The Hall–Kier alpha value is -4.34. The van der Waals surface area contributed by atoms with Crippen molar-refractivity contribution in [1.29, 1.82) is 0 Å². The summed E-state index contributed by atoms with van der Waals surface area (Å²) in [6.45, 7) is 5.17. The van der Waals surface area contributed by atoms with E-state index in [1.165, 1.54) is 36.3 Å². The van der Waals surface area contributed by atoms with Crippen molar-refractivity contribution >= 4 is 39.1 Å². The van der Waals surface area contributed by atoms with E-state index in [4.69, 9.17) is 16.3 Å². The van der Waals surface area contributed by atoms with Crippen LogP contribution in [0.2, 0.25) is 5.02 Å². The van der Waals surface area contributed by atoms with E-state index in [2.05, 4.69) is 5.32 Å². The predicted octanol–water partition coefficient (Wildman–Crippen LogP) is 6.02. The van der Waals surface area contributed by atoms with Crippen LogP contribution in [-0.2, 0) is 32.6 Å². The Morgan fingerprint density at radius 3 is 2.11 bits per heavy atom. The lowest BCUT2D eigenvalue weighted by Gasteiger charge is -2.34. The molecule has 0 aromatic heterocycles. The molecule has 0 fully saturated rings. The molecule has 0 bridgehead atoms. The van der Waals surface area contributed by atoms with Crippen molar-refractivity contribution in [2.24, 2.45) is 0 Å². The number of rotatable bonds is 13. The largest absolute Gasteiger partial charge is 0.495 e. The normalized spacial score (nSPS) is 12.0. The standard InChI is InChI=1S/C35H38ClN3O5S/c1-25(2)37-35(41)32(21-27-13-7-5-8-14-27)38(23-28-15-11-12-26(3)20-28)34(40)24-39(29-18-19-33(44-4)31(36)22-29)45(42,43)30-16-9-6-10-17-30/h5-20,22,25,32H,21,23-24H2,1-4H3,(H,37,41). The second-order valence-corrected chi connectivity index (χ2v) is 13.3. The zero-order valence-electron chi connectivity index (χ0n) is 25.8. The predicted molar refractivity (Wildman–Crippen MR) is 178 cm³/mol. The average molecular weight is 648 g/mol. The summed E-state index contributed by atoms with van der Waals surface area (Å²) in [6.07, 6.45) is 0.233. The van der Waals surface area contributed by atoms with Crippen LogP contribution in [0.15, 0.2) is 108 Å². The highest BCUT2D eigenvalue weighted by molar-refractivity contribution is 7.92. The molecule has 4 rings (SSSR count). The fraction of sp³-hybridized carbons (Fsp3) is 0.257. The number of methoxy groups -OCH3 is 1. The number of hydrogen-bond donors (Lipinski definition) is 1. The number of hydrogen-bond acceptors (Lipinski definition) is 5. The third-order valence-electron chi connectivity index (χ3n) is 7.17. The molecular weight excluding hydrogens is 610 g/mol. The first-order valence-electron chi connectivity index (χ1n) is 14.6.